The van der Waals surface area contributed by atoms with E-state index in [-0.39, 0.29) is 5.91 Å². The SMILES string of the molecule is Cc1cccc(N2CCN(C(=O)c3cn4ncsc4n3)CC2)c1C. The van der Waals surface area contributed by atoms with E-state index in [1.165, 1.54) is 28.2 Å². The number of fused-ring (bicyclic) bond motifs is 1. The third-order valence-corrected chi connectivity index (χ3v) is 5.38. The summed E-state index contributed by atoms with van der Waals surface area (Å²) in [5.41, 5.74) is 6.09. The van der Waals surface area contributed by atoms with Gasteiger partial charge in [-0.15, -0.1) is 0 Å². The van der Waals surface area contributed by atoms with Gasteiger partial charge in [0.25, 0.3) is 5.91 Å². The molecule has 1 aliphatic heterocycles. The summed E-state index contributed by atoms with van der Waals surface area (Å²) >= 11 is 1.43. The number of aromatic nitrogens is 3. The summed E-state index contributed by atoms with van der Waals surface area (Å²) in [5, 5.41) is 4.13. The van der Waals surface area contributed by atoms with Crippen molar-refractivity contribution in [3.63, 3.8) is 0 Å². The molecular formula is C17H19N5OS. The second-order valence-electron chi connectivity index (χ2n) is 6.09. The highest BCUT2D eigenvalue weighted by Gasteiger charge is 2.25. The minimum Gasteiger partial charge on any atom is -0.368 e. The molecule has 0 N–H and O–H groups in total. The number of hydrogen-bond donors (Lipinski definition) is 0. The fourth-order valence-corrected chi connectivity index (χ4v) is 3.73. The highest BCUT2D eigenvalue weighted by Crippen LogP contribution is 2.24. The van der Waals surface area contributed by atoms with Crippen LogP contribution in [-0.2, 0) is 0 Å². The van der Waals surface area contributed by atoms with Crippen molar-refractivity contribution < 1.29 is 4.79 Å². The van der Waals surface area contributed by atoms with Crippen molar-refractivity contribution in [3.8, 4) is 0 Å². The predicted molar refractivity (Wildman–Crippen MR) is 94.9 cm³/mol. The van der Waals surface area contributed by atoms with Crippen LogP contribution in [0.2, 0.25) is 0 Å². The predicted octanol–water partition coefficient (Wildman–Crippen LogP) is 2.37. The van der Waals surface area contributed by atoms with Crippen molar-refractivity contribution >= 4 is 27.9 Å². The molecule has 0 spiro atoms. The van der Waals surface area contributed by atoms with E-state index in [9.17, 15) is 4.79 Å². The molecule has 0 unspecified atom stereocenters. The Hall–Kier alpha value is -2.41. The van der Waals surface area contributed by atoms with Crippen LogP contribution in [0.25, 0.3) is 4.96 Å². The Kier molecular flexibility index (Phi) is 3.72. The molecule has 3 aromatic rings. The van der Waals surface area contributed by atoms with E-state index < -0.39 is 0 Å². The van der Waals surface area contributed by atoms with Gasteiger partial charge in [0.1, 0.15) is 11.2 Å². The van der Waals surface area contributed by atoms with Gasteiger partial charge in [-0.05, 0) is 31.0 Å². The molecule has 1 fully saturated rings. The second-order valence-corrected chi connectivity index (χ2v) is 6.90. The first-order valence-electron chi connectivity index (χ1n) is 8.03. The van der Waals surface area contributed by atoms with E-state index >= 15 is 0 Å². The van der Waals surface area contributed by atoms with Crippen LogP contribution in [0.15, 0.2) is 29.9 Å². The first kappa shape index (κ1) is 15.1. The van der Waals surface area contributed by atoms with E-state index in [2.05, 4.69) is 47.0 Å². The van der Waals surface area contributed by atoms with Crippen molar-refractivity contribution in [2.24, 2.45) is 0 Å². The standard InChI is InChI=1S/C17H19N5OS/c1-12-4-3-5-15(13(12)2)20-6-8-21(9-7-20)16(23)14-10-22-17(19-14)24-11-18-22/h3-5,10-11H,6-9H2,1-2H3. The zero-order valence-corrected chi connectivity index (χ0v) is 14.6. The fraction of sp³-hybridized carbons (Fsp3) is 0.353. The Morgan fingerprint density at radius 1 is 1.17 bits per heavy atom. The lowest BCUT2D eigenvalue weighted by molar-refractivity contribution is 0.0741. The van der Waals surface area contributed by atoms with Crippen LogP contribution in [0.3, 0.4) is 0 Å². The van der Waals surface area contributed by atoms with Crippen LogP contribution < -0.4 is 4.90 Å². The molecule has 1 aliphatic rings. The monoisotopic (exact) mass is 341 g/mol. The lowest BCUT2D eigenvalue weighted by Crippen LogP contribution is -2.49. The average Bonchev–Trinajstić information content (AvgIpc) is 3.19. The molecule has 0 aliphatic carbocycles. The van der Waals surface area contributed by atoms with E-state index in [0.29, 0.717) is 18.8 Å². The number of nitrogens with zero attached hydrogens (tertiary/aromatic N) is 5. The quantitative estimate of drug-likeness (QED) is 0.718. The zero-order valence-electron chi connectivity index (χ0n) is 13.8. The number of carbonyl (C=O) groups excluding carboxylic acids is 1. The maximum atomic E-state index is 12.6. The average molecular weight is 341 g/mol. The Morgan fingerprint density at radius 3 is 2.71 bits per heavy atom. The number of amides is 1. The van der Waals surface area contributed by atoms with Crippen molar-refractivity contribution in [1.82, 2.24) is 19.5 Å². The largest absolute Gasteiger partial charge is 0.368 e. The molecule has 7 heteroatoms. The first-order valence-corrected chi connectivity index (χ1v) is 8.91. The van der Waals surface area contributed by atoms with Gasteiger partial charge in [-0.1, -0.05) is 23.5 Å². The number of anilines is 1. The molecule has 1 amide bonds. The Balaban J connectivity index is 1.46. The minimum absolute atomic E-state index is 0.00619. The van der Waals surface area contributed by atoms with Crippen molar-refractivity contribution in [1.29, 1.82) is 0 Å². The number of hydrogen-bond acceptors (Lipinski definition) is 5. The molecule has 0 saturated carbocycles. The van der Waals surface area contributed by atoms with Crippen molar-refractivity contribution in [2.45, 2.75) is 13.8 Å². The van der Waals surface area contributed by atoms with Crippen LogP contribution in [-0.4, -0.2) is 51.6 Å². The van der Waals surface area contributed by atoms with E-state index in [4.69, 9.17) is 0 Å². The number of benzene rings is 1. The Labute approximate surface area is 144 Å². The number of piperazine rings is 1. The van der Waals surface area contributed by atoms with Gasteiger partial charge in [-0.2, -0.15) is 5.10 Å². The third kappa shape index (κ3) is 2.54. The van der Waals surface area contributed by atoms with Crippen LogP contribution in [0.1, 0.15) is 21.6 Å². The summed E-state index contributed by atoms with van der Waals surface area (Å²) in [7, 11) is 0. The van der Waals surface area contributed by atoms with Gasteiger partial charge < -0.3 is 9.80 Å². The van der Waals surface area contributed by atoms with E-state index in [0.717, 1.165) is 18.1 Å². The molecule has 4 rings (SSSR count). The lowest BCUT2D eigenvalue weighted by Gasteiger charge is -2.36. The highest BCUT2D eigenvalue weighted by atomic mass is 32.1. The molecule has 0 radical (unpaired) electrons. The number of imidazole rings is 1. The van der Waals surface area contributed by atoms with Gasteiger partial charge in [-0.3, -0.25) is 4.79 Å². The molecule has 6 nitrogen and oxygen atoms in total. The lowest BCUT2D eigenvalue weighted by atomic mass is 10.1. The maximum Gasteiger partial charge on any atom is 0.274 e. The maximum absolute atomic E-state index is 12.6. The smallest absolute Gasteiger partial charge is 0.274 e. The van der Waals surface area contributed by atoms with Crippen LogP contribution in [0, 0.1) is 13.8 Å². The van der Waals surface area contributed by atoms with Gasteiger partial charge >= 0.3 is 0 Å². The molecule has 0 atom stereocenters. The summed E-state index contributed by atoms with van der Waals surface area (Å²) in [6.07, 6.45) is 1.71. The van der Waals surface area contributed by atoms with Gasteiger partial charge in [0, 0.05) is 31.9 Å². The summed E-state index contributed by atoms with van der Waals surface area (Å²) in [4.78, 5) is 22.0. The molecule has 24 heavy (non-hydrogen) atoms. The van der Waals surface area contributed by atoms with E-state index in [1.807, 2.05) is 4.90 Å². The summed E-state index contributed by atoms with van der Waals surface area (Å²) in [6.45, 7) is 7.41. The molecule has 2 aromatic heterocycles. The van der Waals surface area contributed by atoms with Gasteiger partial charge in [0.2, 0.25) is 4.96 Å². The Morgan fingerprint density at radius 2 is 1.96 bits per heavy atom. The molecule has 124 valence electrons. The molecule has 0 bridgehead atoms. The molecule has 1 saturated heterocycles. The second kappa shape index (κ2) is 5.90. The van der Waals surface area contributed by atoms with Crippen LogP contribution >= 0.6 is 11.3 Å². The van der Waals surface area contributed by atoms with Crippen molar-refractivity contribution in [3.05, 3.63) is 46.7 Å². The molecular weight excluding hydrogens is 322 g/mol. The number of rotatable bonds is 2. The number of aryl methyl sites for hydroxylation is 1. The van der Waals surface area contributed by atoms with Gasteiger partial charge in [0.05, 0.1) is 6.20 Å². The Bertz CT molecular complexity index is 863. The minimum atomic E-state index is -0.00619. The topological polar surface area (TPSA) is 53.7 Å². The summed E-state index contributed by atoms with van der Waals surface area (Å²) < 4.78 is 1.66. The summed E-state index contributed by atoms with van der Waals surface area (Å²) in [5.74, 6) is -0.00619. The fourth-order valence-electron chi connectivity index (χ4n) is 3.13. The third-order valence-electron chi connectivity index (χ3n) is 4.69. The highest BCUT2D eigenvalue weighted by molar-refractivity contribution is 7.14. The van der Waals surface area contributed by atoms with Crippen LogP contribution in [0.5, 0.6) is 0 Å². The number of carbonyl (C=O) groups is 1. The first-order chi connectivity index (χ1) is 11.6. The van der Waals surface area contributed by atoms with E-state index in [1.54, 1.807) is 16.2 Å². The molecule has 3 heterocycles. The normalized spacial score (nSPS) is 15.2. The van der Waals surface area contributed by atoms with Crippen LogP contribution in [0.4, 0.5) is 5.69 Å². The summed E-state index contributed by atoms with van der Waals surface area (Å²) in [6, 6.07) is 6.39. The van der Waals surface area contributed by atoms with Crippen molar-refractivity contribution in [2.75, 3.05) is 31.1 Å². The van der Waals surface area contributed by atoms with Gasteiger partial charge in [-0.25, -0.2) is 9.50 Å². The zero-order chi connectivity index (χ0) is 16.7. The van der Waals surface area contributed by atoms with Gasteiger partial charge in [0.15, 0.2) is 0 Å². The molecule has 1 aromatic carbocycles.